The fraction of sp³-hybridized carbons (Fsp3) is 0.917. The number of amides is 1. The number of nitrogens with one attached hydrogen (secondary N) is 1. The average molecular weight is 323 g/mol. The summed E-state index contributed by atoms with van der Waals surface area (Å²) < 4.78 is 1.19. The standard InChI is InChI=1S/C12H22INO/c13-8-4-5-9-14-12(15)10-11-6-2-1-3-7-11/h11H,1-10H2,(H,14,15). The lowest BCUT2D eigenvalue weighted by Crippen LogP contribution is -2.27. The molecule has 0 bridgehead atoms. The zero-order valence-electron chi connectivity index (χ0n) is 9.43. The minimum atomic E-state index is 0.273. The van der Waals surface area contributed by atoms with E-state index < -0.39 is 0 Å². The molecule has 3 heteroatoms. The Morgan fingerprint density at radius 1 is 1.20 bits per heavy atom. The van der Waals surface area contributed by atoms with Crippen LogP contribution >= 0.6 is 22.6 Å². The number of hydrogen-bond acceptors (Lipinski definition) is 1. The molecular weight excluding hydrogens is 301 g/mol. The summed E-state index contributed by atoms with van der Waals surface area (Å²) in [6.45, 7) is 0.870. The first-order valence-electron chi connectivity index (χ1n) is 6.15. The highest BCUT2D eigenvalue weighted by Crippen LogP contribution is 2.25. The third-order valence-electron chi connectivity index (χ3n) is 3.08. The first-order valence-corrected chi connectivity index (χ1v) is 7.68. The zero-order valence-corrected chi connectivity index (χ0v) is 11.6. The first kappa shape index (κ1) is 13.3. The lowest BCUT2D eigenvalue weighted by molar-refractivity contribution is -0.122. The third kappa shape index (κ3) is 6.38. The maximum absolute atomic E-state index is 11.6. The van der Waals surface area contributed by atoms with E-state index in [9.17, 15) is 4.79 Å². The Labute approximate surface area is 107 Å². The summed E-state index contributed by atoms with van der Waals surface area (Å²) in [6.07, 6.45) is 9.66. The van der Waals surface area contributed by atoms with Crippen LogP contribution in [0, 0.1) is 5.92 Å². The maximum Gasteiger partial charge on any atom is 0.220 e. The van der Waals surface area contributed by atoms with Crippen molar-refractivity contribution in [3.8, 4) is 0 Å². The van der Waals surface area contributed by atoms with Gasteiger partial charge in [0.25, 0.3) is 0 Å². The van der Waals surface area contributed by atoms with Crippen molar-refractivity contribution in [1.29, 1.82) is 0 Å². The molecule has 0 heterocycles. The molecule has 0 radical (unpaired) electrons. The van der Waals surface area contributed by atoms with E-state index >= 15 is 0 Å². The Hall–Kier alpha value is 0.200. The largest absolute Gasteiger partial charge is 0.356 e. The molecule has 0 unspecified atom stereocenters. The number of hydrogen-bond donors (Lipinski definition) is 1. The van der Waals surface area contributed by atoms with Crippen LogP contribution in [-0.2, 0) is 4.79 Å². The van der Waals surface area contributed by atoms with Crippen LogP contribution in [0.3, 0.4) is 0 Å². The van der Waals surface area contributed by atoms with Crippen molar-refractivity contribution >= 4 is 28.5 Å². The smallest absolute Gasteiger partial charge is 0.220 e. The second-order valence-electron chi connectivity index (χ2n) is 4.45. The molecule has 0 aliphatic heterocycles. The van der Waals surface area contributed by atoms with Crippen LogP contribution in [0.2, 0.25) is 0 Å². The van der Waals surface area contributed by atoms with Gasteiger partial charge in [-0.15, -0.1) is 0 Å². The lowest BCUT2D eigenvalue weighted by Gasteiger charge is -2.20. The van der Waals surface area contributed by atoms with Gasteiger partial charge in [0.2, 0.25) is 5.91 Å². The van der Waals surface area contributed by atoms with Gasteiger partial charge in [-0.3, -0.25) is 4.79 Å². The highest BCUT2D eigenvalue weighted by Gasteiger charge is 2.16. The molecule has 1 aliphatic rings. The minimum absolute atomic E-state index is 0.273. The van der Waals surface area contributed by atoms with Crippen molar-refractivity contribution in [3.63, 3.8) is 0 Å². The summed E-state index contributed by atoms with van der Waals surface area (Å²) >= 11 is 2.38. The molecule has 15 heavy (non-hydrogen) atoms. The number of carbonyl (C=O) groups is 1. The van der Waals surface area contributed by atoms with Crippen molar-refractivity contribution < 1.29 is 4.79 Å². The van der Waals surface area contributed by atoms with Crippen LogP contribution in [0.1, 0.15) is 51.4 Å². The monoisotopic (exact) mass is 323 g/mol. The van der Waals surface area contributed by atoms with Crippen molar-refractivity contribution in [2.45, 2.75) is 51.4 Å². The predicted octanol–water partition coefficient (Wildman–Crippen LogP) is 3.29. The molecule has 1 saturated carbocycles. The quantitative estimate of drug-likeness (QED) is 0.454. The summed E-state index contributed by atoms with van der Waals surface area (Å²) in [5.74, 6) is 0.943. The molecule has 0 aromatic rings. The predicted molar refractivity (Wildman–Crippen MR) is 72.3 cm³/mol. The molecule has 0 spiro atoms. The van der Waals surface area contributed by atoms with E-state index in [-0.39, 0.29) is 5.91 Å². The zero-order chi connectivity index (χ0) is 10.9. The maximum atomic E-state index is 11.6. The van der Waals surface area contributed by atoms with Crippen LogP contribution in [0.5, 0.6) is 0 Å². The number of halogens is 1. The van der Waals surface area contributed by atoms with Crippen LogP contribution < -0.4 is 5.32 Å². The van der Waals surface area contributed by atoms with Gasteiger partial charge in [0.05, 0.1) is 0 Å². The van der Waals surface area contributed by atoms with E-state index in [4.69, 9.17) is 0 Å². The van der Waals surface area contributed by atoms with Gasteiger partial charge in [0, 0.05) is 13.0 Å². The Balaban J connectivity index is 2.01. The van der Waals surface area contributed by atoms with Crippen LogP contribution in [0.25, 0.3) is 0 Å². The van der Waals surface area contributed by atoms with Crippen molar-refractivity contribution in [2.24, 2.45) is 5.92 Å². The number of rotatable bonds is 6. The Bertz CT molecular complexity index is 178. The van der Waals surface area contributed by atoms with Crippen molar-refractivity contribution in [1.82, 2.24) is 5.32 Å². The second-order valence-corrected chi connectivity index (χ2v) is 5.53. The summed E-state index contributed by atoms with van der Waals surface area (Å²) in [7, 11) is 0. The number of alkyl halides is 1. The van der Waals surface area contributed by atoms with Crippen LogP contribution in [0.4, 0.5) is 0 Å². The lowest BCUT2D eigenvalue weighted by atomic mass is 9.87. The Kier molecular flexibility index (Phi) is 7.40. The summed E-state index contributed by atoms with van der Waals surface area (Å²) in [4.78, 5) is 11.6. The average Bonchev–Trinajstić information content (AvgIpc) is 2.26. The molecule has 2 nitrogen and oxygen atoms in total. The number of unbranched alkanes of at least 4 members (excludes halogenated alkanes) is 1. The van der Waals surface area contributed by atoms with E-state index in [1.54, 1.807) is 0 Å². The molecule has 1 fully saturated rings. The molecule has 0 aromatic heterocycles. The second kappa shape index (κ2) is 8.36. The van der Waals surface area contributed by atoms with Gasteiger partial charge in [0.15, 0.2) is 0 Å². The molecule has 1 amide bonds. The highest BCUT2D eigenvalue weighted by molar-refractivity contribution is 14.1. The molecule has 0 aromatic carbocycles. The SMILES string of the molecule is O=C(CC1CCCCC1)NCCCCI. The van der Waals surface area contributed by atoms with E-state index in [1.165, 1.54) is 43.0 Å². The van der Waals surface area contributed by atoms with E-state index in [0.717, 1.165) is 19.4 Å². The summed E-state index contributed by atoms with van der Waals surface area (Å²) in [6, 6.07) is 0. The molecule has 0 saturated heterocycles. The van der Waals surface area contributed by atoms with Crippen LogP contribution in [-0.4, -0.2) is 16.9 Å². The van der Waals surface area contributed by atoms with Gasteiger partial charge >= 0.3 is 0 Å². The third-order valence-corrected chi connectivity index (χ3v) is 3.84. The minimum Gasteiger partial charge on any atom is -0.356 e. The van der Waals surface area contributed by atoms with Crippen LogP contribution in [0.15, 0.2) is 0 Å². The number of carbonyl (C=O) groups excluding carboxylic acids is 1. The van der Waals surface area contributed by atoms with E-state index in [1.807, 2.05) is 0 Å². The van der Waals surface area contributed by atoms with Gasteiger partial charge in [-0.1, -0.05) is 41.9 Å². The van der Waals surface area contributed by atoms with E-state index in [2.05, 4.69) is 27.9 Å². The molecule has 1 N–H and O–H groups in total. The highest BCUT2D eigenvalue weighted by atomic mass is 127. The molecule has 0 atom stereocenters. The van der Waals surface area contributed by atoms with E-state index in [0.29, 0.717) is 5.92 Å². The fourth-order valence-corrected chi connectivity index (χ4v) is 2.71. The Morgan fingerprint density at radius 3 is 2.60 bits per heavy atom. The van der Waals surface area contributed by atoms with Gasteiger partial charge in [-0.25, -0.2) is 0 Å². The summed E-state index contributed by atoms with van der Waals surface area (Å²) in [5.41, 5.74) is 0. The fourth-order valence-electron chi connectivity index (χ4n) is 2.17. The van der Waals surface area contributed by atoms with Crippen molar-refractivity contribution in [3.05, 3.63) is 0 Å². The van der Waals surface area contributed by atoms with Gasteiger partial charge in [0.1, 0.15) is 0 Å². The van der Waals surface area contributed by atoms with Gasteiger partial charge in [-0.05, 0) is 36.0 Å². The summed E-state index contributed by atoms with van der Waals surface area (Å²) in [5, 5.41) is 3.02. The first-order chi connectivity index (χ1) is 7.33. The molecule has 88 valence electrons. The Morgan fingerprint density at radius 2 is 1.93 bits per heavy atom. The van der Waals surface area contributed by atoms with Gasteiger partial charge < -0.3 is 5.32 Å². The normalized spacial score (nSPS) is 17.7. The van der Waals surface area contributed by atoms with Crippen molar-refractivity contribution in [2.75, 3.05) is 11.0 Å². The molecular formula is C12H22INO. The molecule has 1 aliphatic carbocycles. The van der Waals surface area contributed by atoms with Gasteiger partial charge in [-0.2, -0.15) is 0 Å². The molecule has 1 rings (SSSR count). The topological polar surface area (TPSA) is 29.1 Å².